The molecule has 3 nitrogen and oxygen atoms in total. The lowest BCUT2D eigenvalue weighted by atomic mass is 10.2. The Kier molecular flexibility index (Phi) is 3.85. The maximum absolute atomic E-state index is 13.7. The van der Waals surface area contributed by atoms with Crippen LogP contribution >= 0.6 is 0 Å². The van der Waals surface area contributed by atoms with Gasteiger partial charge in [-0.15, -0.1) is 0 Å². The molecule has 0 radical (unpaired) electrons. The van der Waals surface area contributed by atoms with Crippen LogP contribution in [0.25, 0.3) is 0 Å². The highest BCUT2D eigenvalue weighted by Crippen LogP contribution is 2.25. The number of hydrogen-bond acceptors (Lipinski definition) is 3. The van der Waals surface area contributed by atoms with E-state index in [-0.39, 0.29) is 11.3 Å². The summed E-state index contributed by atoms with van der Waals surface area (Å²) in [6.45, 7) is 0. The first-order valence-corrected chi connectivity index (χ1v) is 5.95. The van der Waals surface area contributed by atoms with Crippen molar-refractivity contribution < 1.29 is 8.78 Å². The van der Waals surface area contributed by atoms with Gasteiger partial charge in [-0.2, -0.15) is 5.26 Å². The number of nitrogens with one attached hydrogen (secondary N) is 1. The molecule has 102 valence electrons. The van der Waals surface area contributed by atoms with Gasteiger partial charge in [0.15, 0.2) is 11.6 Å². The molecule has 0 unspecified atom stereocenters. The molecule has 0 saturated heterocycles. The molecule has 2 aromatic rings. The molecule has 0 saturated carbocycles. The van der Waals surface area contributed by atoms with Gasteiger partial charge in [0.05, 0.1) is 11.3 Å². The van der Waals surface area contributed by atoms with E-state index in [0.717, 1.165) is 5.69 Å². The third-order valence-electron chi connectivity index (χ3n) is 2.87. The molecule has 0 atom stereocenters. The van der Waals surface area contributed by atoms with Gasteiger partial charge in [-0.1, -0.05) is 0 Å². The predicted molar refractivity (Wildman–Crippen MR) is 75.1 cm³/mol. The largest absolute Gasteiger partial charge is 0.378 e. The van der Waals surface area contributed by atoms with E-state index < -0.39 is 11.6 Å². The van der Waals surface area contributed by atoms with Crippen LogP contribution in [0.4, 0.5) is 25.8 Å². The standard InChI is InChI=1S/C15H13F2N3/c1-20(2)12-6-4-11(5-7-12)19-13-8-3-10(9-18)14(16)15(13)17/h3-8,19H,1-2H3. The summed E-state index contributed by atoms with van der Waals surface area (Å²) in [5.41, 5.74) is 1.33. The molecular weight excluding hydrogens is 260 g/mol. The lowest BCUT2D eigenvalue weighted by molar-refractivity contribution is 0.509. The molecule has 0 aliphatic carbocycles. The van der Waals surface area contributed by atoms with Gasteiger partial charge in [-0.3, -0.25) is 0 Å². The number of benzene rings is 2. The number of halogens is 2. The van der Waals surface area contributed by atoms with E-state index in [9.17, 15) is 8.78 Å². The minimum Gasteiger partial charge on any atom is -0.378 e. The maximum Gasteiger partial charge on any atom is 0.183 e. The Morgan fingerprint density at radius 2 is 1.65 bits per heavy atom. The molecule has 1 N–H and O–H groups in total. The number of nitriles is 1. The van der Waals surface area contributed by atoms with E-state index >= 15 is 0 Å². The van der Waals surface area contributed by atoms with E-state index in [4.69, 9.17) is 5.26 Å². The first-order chi connectivity index (χ1) is 9.52. The molecule has 0 fully saturated rings. The summed E-state index contributed by atoms with van der Waals surface area (Å²) in [4.78, 5) is 1.94. The summed E-state index contributed by atoms with van der Waals surface area (Å²) in [6, 6.07) is 11.4. The van der Waals surface area contributed by atoms with Crippen molar-refractivity contribution in [1.29, 1.82) is 5.26 Å². The number of anilines is 3. The van der Waals surface area contributed by atoms with E-state index in [0.29, 0.717) is 5.69 Å². The predicted octanol–water partition coefficient (Wildman–Crippen LogP) is 3.65. The second-order valence-electron chi connectivity index (χ2n) is 4.47. The molecule has 0 aliphatic rings. The van der Waals surface area contributed by atoms with Crippen molar-refractivity contribution in [2.24, 2.45) is 0 Å². The average Bonchev–Trinajstić information content (AvgIpc) is 2.45. The van der Waals surface area contributed by atoms with Crippen LogP contribution in [0.5, 0.6) is 0 Å². The molecule has 20 heavy (non-hydrogen) atoms. The van der Waals surface area contributed by atoms with Gasteiger partial charge in [0.25, 0.3) is 0 Å². The highest BCUT2D eigenvalue weighted by atomic mass is 19.2. The van der Waals surface area contributed by atoms with Gasteiger partial charge in [0.1, 0.15) is 6.07 Å². The first kappa shape index (κ1) is 13.8. The summed E-state index contributed by atoms with van der Waals surface area (Å²) < 4.78 is 27.2. The van der Waals surface area contributed by atoms with Gasteiger partial charge in [-0.25, -0.2) is 8.78 Å². The monoisotopic (exact) mass is 273 g/mol. The molecule has 0 spiro atoms. The van der Waals surface area contributed by atoms with Crippen molar-refractivity contribution in [3.63, 3.8) is 0 Å². The van der Waals surface area contributed by atoms with Gasteiger partial charge < -0.3 is 10.2 Å². The molecule has 0 aromatic heterocycles. The topological polar surface area (TPSA) is 39.1 Å². The number of rotatable bonds is 3. The summed E-state index contributed by atoms with van der Waals surface area (Å²) >= 11 is 0. The Morgan fingerprint density at radius 3 is 2.20 bits per heavy atom. The molecule has 2 rings (SSSR count). The second-order valence-corrected chi connectivity index (χ2v) is 4.47. The van der Waals surface area contributed by atoms with Crippen LogP contribution in [-0.4, -0.2) is 14.1 Å². The quantitative estimate of drug-likeness (QED) is 0.927. The second kappa shape index (κ2) is 5.57. The van der Waals surface area contributed by atoms with Crippen molar-refractivity contribution in [2.45, 2.75) is 0 Å². The Hall–Kier alpha value is -2.61. The van der Waals surface area contributed by atoms with Crippen molar-refractivity contribution in [1.82, 2.24) is 0 Å². The lowest BCUT2D eigenvalue weighted by Gasteiger charge is -2.14. The van der Waals surface area contributed by atoms with Crippen molar-refractivity contribution in [3.05, 3.63) is 53.6 Å². The van der Waals surface area contributed by atoms with Gasteiger partial charge in [-0.05, 0) is 36.4 Å². The van der Waals surface area contributed by atoms with Gasteiger partial charge in [0.2, 0.25) is 0 Å². The van der Waals surface area contributed by atoms with Crippen LogP contribution in [0.2, 0.25) is 0 Å². The van der Waals surface area contributed by atoms with Crippen molar-refractivity contribution in [2.75, 3.05) is 24.3 Å². The summed E-state index contributed by atoms with van der Waals surface area (Å²) in [5, 5.41) is 11.4. The molecule has 0 heterocycles. The molecule has 0 amide bonds. The zero-order chi connectivity index (χ0) is 14.7. The molecule has 0 bridgehead atoms. The fourth-order valence-electron chi connectivity index (χ4n) is 1.73. The number of hydrogen-bond donors (Lipinski definition) is 1. The van der Waals surface area contributed by atoms with Crippen molar-refractivity contribution >= 4 is 17.1 Å². The highest BCUT2D eigenvalue weighted by Gasteiger charge is 2.13. The first-order valence-electron chi connectivity index (χ1n) is 5.95. The third-order valence-corrected chi connectivity index (χ3v) is 2.87. The van der Waals surface area contributed by atoms with Crippen LogP contribution in [0, 0.1) is 23.0 Å². The van der Waals surface area contributed by atoms with E-state index in [1.54, 1.807) is 18.2 Å². The summed E-state index contributed by atoms with van der Waals surface area (Å²) in [7, 11) is 3.83. The lowest BCUT2D eigenvalue weighted by Crippen LogP contribution is -2.08. The number of nitrogens with zero attached hydrogens (tertiary/aromatic N) is 2. The van der Waals surface area contributed by atoms with E-state index in [1.807, 2.05) is 31.1 Å². The van der Waals surface area contributed by atoms with Crippen LogP contribution in [-0.2, 0) is 0 Å². The molecule has 0 aliphatic heterocycles. The Morgan fingerprint density at radius 1 is 1.00 bits per heavy atom. The fraction of sp³-hybridized carbons (Fsp3) is 0.133. The van der Waals surface area contributed by atoms with Crippen LogP contribution in [0.1, 0.15) is 5.56 Å². The van der Waals surface area contributed by atoms with Gasteiger partial charge in [0, 0.05) is 25.5 Å². The van der Waals surface area contributed by atoms with Crippen LogP contribution in [0.15, 0.2) is 36.4 Å². The third kappa shape index (κ3) is 2.69. The van der Waals surface area contributed by atoms with E-state index in [1.165, 1.54) is 12.1 Å². The Bertz CT molecular complexity index is 658. The molecule has 2 aromatic carbocycles. The molecule has 5 heteroatoms. The minimum absolute atomic E-state index is 0.000830. The Labute approximate surface area is 116 Å². The SMILES string of the molecule is CN(C)c1ccc(Nc2ccc(C#N)c(F)c2F)cc1. The Balaban J connectivity index is 2.27. The summed E-state index contributed by atoms with van der Waals surface area (Å²) in [5.74, 6) is -2.19. The zero-order valence-electron chi connectivity index (χ0n) is 11.1. The zero-order valence-corrected chi connectivity index (χ0v) is 11.1. The molecular formula is C15H13F2N3. The minimum atomic E-state index is -1.14. The van der Waals surface area contributed by atoms with E-state index in [2.05, 4.69) is 5.32 Å². The van der Waals surface area contributed by atoms with Gasteiger partial charge >= 0.3 is 0 Å². The highest BCUT2D eigenvalue weighted by molar-refractivity contribution is 5.64. The van der Waals surface area contributed by atoms with Crippen molar-refractivity contribution in [3.8, 4) is 6.07 Å². The average molecular weight is 273 g/mol. The van der Waals surface area contributed by atoms with Crippen LogP contribution < -0.4 is 10.2 Å². The normalized spacial score (nSPS) is 9.95. The summed E-state index contributed by atoms with van der Waals surface area (Å²) in [6.07, 6.45) is 0. The smallest absolute Gasteiger partial charge is 0.183 e. The van der Waals surface area contributed by atoms with Crippen LogP contribution in [0.3, 0.4) is 0 Å². The fourth-order valence-corrected chi connectivity index (χ4v) is 1.73. The maximum atomic E-state index is 13.7.